The summed E-state index contributed by atoms with van der Waals surface area (Å²) in [6, 6.07) is -1.18. The number of nitrogens with zero attached hydrogens (tertiary/aromatic N) is 9. The lowest BCUT2D eigenvalue weighted by Gasteiger charge is -2.43. The molecule has 0 spiro atoms. The third-order valence-corrected chi connectivity index (χ3v) is 22.0. The van der Waals surface area contributed by atoms with E-state index in [1.807, 2.05) is 74.8 Å². The Kier molecular flexibility index (Phi) is 32.6. The number of carbonyl (C=O) groups excluding carboxylic acids is 7. The molecule has 27 nitrogen and oxygen atoms in total. The number of piperidine rings is 1. The van der Waals surface area contributed by atoms with Gasteiger partial charge in [-0.05, 0) is 126 Å². The number of hydrogen-bond donors (Lipinski definition) is 4. The highest BCUT2D eigenvalue weighted by molar-refractivity contribution is 6.39. The molecule has 2 bridgehead atoms. The maximum absolute atomic E-state index is 14.8. The average Bonchev–Trinajstić information content (AvgIpc) is 0.773. The van der Waals surface area contributed by atoms with Crippen LogP contribution in [0.5, 0.6) is 0 Å². The monoisotopic (exact) mass is 1470 g/mol. The zero-order chi connectivity index (χ0) is 75.9. The molecule has 3 amide bonds. The van der Waals surface area contributed by atoms with Crippen LogP contribution >= 0.6 is 0 Å². The Morgan fingerprint density at radius 3 is 2.09 bits per heavy atom. The molecule has 1 saturated carbocycles. The van der Waals surface area contributed by atoms with Gasteiger partial charge in [0.25, 0.3) is 17.6 Å². The number of carbonyl (C=O) groups is 7. The number of aliphatic hydroxyl groups excluding tert-OH is 2. The second-order valence-electron chi connectivity index (χ2n) is 29.8. The minimum Gasteiger partial charge on any atom is -0.460 e. The lowest BCUT2D eigenvalue weighted by molar-refractivity contribution is -0.265. The zero-order valence-corrected chi connectivity index (χ0v) is 63.8. The van der Waals surface area contributed by atoms with Crippen molar-refractivity contribution in [3.8, 4) is 0 Å². The molecule has 0 radical (unpaired) electrons. The Bertz CT molecular complexity index is 3290. The van der Waals surface area contributed by atoms with Crippen LogP contribution in [0.1, 0.15) is 161 Å². The van der Waals surface area contributed by atoms with Crippen LogP contribution in [0.25, 0.3) is 0 Å². The maximum atomic E-state index is 14.8. The van der Waals surface area contributed by atoms with Crippen LogP contribution in [-0.2, 0) is 68.3 Å². The first-order valence-corrected chi connectivity index (χ1v) is 38.2. The quantitative estimate of drug-likeness (QED) is 0.0484. The molecule has 105 heavy (non-hydrogen) atoms. The van der Waals surface area contributed by atoms with Gasteiger partial charge >= 0.3 is 11.9 Å². The molecule has 1 aliphatic carbocycles. The topological polar surface area (TPSA) is 325 Å². The highest BCUT2D eigenvalue weighted by Crippen LogP contribution is 2.39. The van der Waals surface area contributed by atoms with E-state index in [9.17, 15) is 48.9 Å². The first-order valence-electron chi connectivity index (χ1n) is 38.2. The van der Waals surface area contributed by atoms with Crippen molar-refractivity contribution >= 4 is 53.1 Å². The molecule has 4 saturated heterocycles. The van der Waals surface area contributed by atoms with E-state index in [2.05, 4.69) is 35.1 Å². The first kappa shape index (κ1) is 83.7. The van der Waals surface area contributed by atoms with Crippen molar-refractivity contribution in [2.75, 3.05) is 116 Å². The Balaban J connectivity index is 0.831. The number of methoxy groups -OCH3 is 3. The molecule has 8 rings (SSSR count). The predicted octanol–water partition coefficient (Wildman–Crippen LogP) is 6.36. The number of ether oxygens (including phenoxy) is 7. The van der Waals surface area contributed by atoms with Crippen molar-refractivity contribution in [2.45, 2.75) is 212 Å². The second-order valence-corrected chi connectivity index (χ2v) is 29.8. The minimum atomic E-state index is -2.47. The smallest absolute Gasteiger partial charge is 0.329 e. The van der Waals surface area contributed by atoms with Crippen molar-refractivity contribution in [3.05, 3.63) is 83.5 Å². The van der Waals surface area contributed by atoms with Crippen LogP contribution in [0, 0.1) is 35.5 Å². The van der Waals surface area contributed by atoms with E-state index in [1.54, 1.807) is 65.9 Å². The van der Waals surface area contributed by atoms with Crippen molar-refractivity contribution < 1.29 is 82.0 Å². The zero-order valence-electron chi connectivity index (χ0n) is 63.8. The van der Waals surface area contributed by atoms with Gasteiger partial charge in [-0.2, -0.15) is 0 Å². The molecule has 5 fully saturated rings. The standard InChI is InChI=1S/C78H118N10O17/c1-12-79-73(95)59-48-82-77(83-49-59)86-31-29-84(30-32-86)37-39-102-38-27-67(90)85-33-35-87(36-34-85)76-80-46-58(47-81-76)23-26-68(91)103-63-25-22-57(43-66(63)100-10)42-53(5)65-45-62(89)52(4)41-55(7)70(93)71(101-11)69(92)54(6)40-50(2)18-14-13-15-19-51(3)64(99-9)44-60-24-21-56(8)78(98,105-60)72(94)74(96)88-28-17-16-20-61(88)75(97)104-65/h13-15,18-19,41,46-50,52-54,56-57,60-66,70-71,89,93,98H,12,16-17,20-40,42-45H2,1-11H3,(H,79,95)/b15-13+,18-14+,51-19+,55-41+/t50-,52-,53-,54-,56-,57+,60+,61+,62-,63-,64+,65+,66-,70-,71+,78-/m1/s1. The number of cyclic esters (lactones) is 1. The lowest BCUT2D eigenvalue weighted by Crippen LogP contribution is -2.61. The van der Waals surface area contributed by atoms with Crippen molar-refractivity contribution in [1.29, 1.82) is 0 Å². The summed E-state index contributed by atoms with van der Waals surface area (Å²) in [4.78, 5) is 124. The van der Waals surface area contributed by atoms with Crippen molar-refractivity contribution in [3.63, 3.8) is 0 Å². The lowest BCUT2D eigenvalue weighted by atomic mass is 9.78. The molecular weight excluding hydrogens is 1350 g/mol. The van der Waals surface area contributed by atoms with Gasteiger partial charge in [-0.15, -0.1) is 0 Å². The molecule has 0 aromatic carbocycles. The fraction of sp³-hybridized carbons (Fsp3) is 0.705. The first-order chi connectivity index (χ1) is 50.3. The van der Waals surface area contributed by atoms with E-state index in [0.717, 1.165) is 43.9 Å². The molecule has 4 N–H and O–H groups in total. The SMILES string of the molecule is CCNC(=O)c1cnc(N2CCN(CCOCCC(=O)N3CCN(c4ncc(CCC(=O)O[C@@H]5CC[C@@H](C[C@@H](C)[C@@H]6C[C@@H](O)[C@H](C)/C=C(\C)[C@@H](O)[C@@H](OC)C(=O)[C@H](C)C[C@H](C)/C=C/C=C/C=C(\C)[C@@H](OC)C[C@@H]7CC[C@@H](C)[C@@](O)(O7)C(=O)C(=O)N7CCCC[C@H]7C(=O)O6)C[C@H]5OC)cn4)CC3)CC2)nc1. The Hall–Kier alpha value is -6.95. The van der Waals surface area contributed by atoms with Gasteiger partial charge in [0, 0.05) is 155 Å². The number of aliphatic hydroxyl groups is 3. The van der Waals surface area contributed by atoms with Crippen LogP contribution in [0.2, 0.25) is 0 Å². The number of piperazine rings is 2. The number of amides is 3. The van der Waals surface area contributed by atoms with Crippen LogP contribution in [-0.4, -0.2) is 258 Å². The van der Waals surface area contributed by atoms with Gasteiger partial charge in [-0.25, -0.2) is 24.7 Å². The third kappa shape index (κ3) is 23.5. The summed E-state index contributed by atoms with van der Waals surface area (Å²) in [5.41, 5.74) is 2.48. The van der Waals surface area contributed by atoms with E-state index >= 15 is 0 Å². The van der Waals surface area contributed by atoms with Gasteiger partial charge in [0.2, 0.25) is 23.6 Å². The molecule has 27 heteroatoms. The minimum absolute atomic E-state index is 0.00425. The van der Waals surface area contributed by atoms with Gasteiger partial charge in [0.05, 0.1) is 49.6 Å². The Morgan fingerprint density at radius 2 is 1.42 bits per heavy atom. The number of aromatic nitrogens is 4. The highest BCUT2D eigenvalue weighted by atomic mass is 16.6. The van der Waals surface area contributed by atoms with E-state index < -0.39 is 96.1 Å². The largest absolute Gasteiger partial charge is 0.460 e. The number of esters is 2. The number of aryl methyl sites for hydroxylation is 1. The molecule has 6 aliphatic rings. The van der Waals surface area contributed by atoms with Gasteiger partial charge < -0.3 is 73.4 Å². The van der Waals surface area contributed by atoms with E-state index in [4.69, 9.17) is 33.2 Å². The van der Waals surface area contributed by atoms with Crippen LogP contribution < -0.4 is 15.1 Å². The van der Waals surface area contributed by atoms with Gasteiger partial charge in [-0.3, -0.25) is 33.7 Å². The molecule has 0 unspecified atom stereocenters. The molecule has 5 aliphatic heterocycles. The predicted molar refractivity (Wildman–Crippen MR) is 393 cm³/mol. The van der Waals surface area contributed by atoms with Crippen LogP contribution in [0.4, 0.5) is 11.9 Å². The normalized spacial score (nSPS) is 32.0. The fourth-order valence-corrected chi connectivity index (χ4v) is 15.3. The number of hydrogen-bond acceptors (Lipinski definition) is 24. The fourth-order valence-electron chi connectivity index (χ4n) is 15.3. The van der Waals surface area contributed by atoms with Crippen LogP contribution in [0.15, 0.2) is 72.4 Å². The highest BCUT2D eigenvalue weighted by Gasteiger charge is 2.53. The van der Waals surface area contributed by atoms with E-state index in [0.29, 0.717) is 146 Å². The molecule has 582 valence electrons. The molecule has 2 aromatic heterocycles. The molecule has 16 atom stereocenters. The Labute approximate surface area is 620 Å². The van der Waals surface area contributed by atoms with Crippen molar-refractivity contribution in [1.82, 2.24) is 40.0 Å². The number of rotatable bonds is 20. The average molecular weight is 1470 g/mol. The van der Waals surface area contributed by atoms with E-state index in [1.165, 1.54) is 12.0 Å². The summed E-state index contributed by atoms with van der Waals surface area (Å²) < 4.78 is 42.2. The summed E-state index contributed by atoms with van der Waals surface area (Å²) in [7, 11) is 4.55. The number of allylic oxidation sites excluding steroid dienone is 5. The summed E-state index contributed by atoms with van der Waals surface area (Å²) in [6.07, 6.45) is 17.0. The summed E-state index contributed by atoms with van der Waals surface area (Å²) in [5, 5.41) is 38.7. The number of fused-ring (bicyclic) bond motifs is 3. The number of ketones is 2. The molecule has 7 heterocycles. The van der Waals surface area contributed by atoms with Gasteiger partial charge in [0.15, 0.2) is 5.78 Å². The Morgan fingerprint density at radius 1 is 0.733 bits per heavy atom. The van der Waals surface area contributed by atoms with Gasteiger partial charge in [0.1, 0.15) is 30.5 Å². The number of Topliss-reactive ketones (excluding diaryl/α,β-unsaturated/α-hetero) is 2. The molecular formula is C78H118N10O17. The maximum Gasteiger partial charge on any atom is 0.329 e. The summed E-state index contributed by atoms with van der Waals surface area (Å²) in [5.74, 6) is -7.26. The summed E-state index contributed by atoms with van der Waals surface area (Å²) in [6.45, 7) is 22.2. The van der Waals surface area contributed by atoms with Crippen LogP contribution in [0.3, 0.4) is 0 Å². The van der Waals surface area contributed by atoms with Gasteiger partial charge in [-0.1, -0.05) is 71.1 Å². The number of anilines is 2. The van der Waals surface area contributed by atoms with Crippen molar-refractivity contribution in [2.24, 2.45) is 35.5 Å². The summed E-state index contributed by atoms with van der Waals surface area (Å²) >= 11 is 0. The molecule has 2 aromatic rings. The number of nitrogens with one attached hydrogen (secondary N) is 1. The second kappa shape index (κ2) is 40.8. The van der Waals surface area contributed by atoms with E-state index in [-0.39, 0.29) is 67.1 Å². The third-order valence-electron chi connectivity index (χ3n) is 22.0.